The first kappa shape index (κ1) is 21.9. The van der Waals surface area contributed by atoms with Crippen LogP contribution in [0, 0.1) is 5.82 Å². The highest BCUT2D eigenvalue weighted by Crippen LogP contribution is 2.25. The van der Waals surface area contributed by atoms with Crippen LogP contribution in [0.15, 0.2) is 42.5 Å². The molecule has 0 spiro atoms. The Morgan fingerprint density at radius 1 is 1.13 bits per heavy atom. The number of H-pyrrole nitrogens is 1. The molecule has 0 unspecified atom stereocenters. The molecule has 1 saturated heterocycles. The topological polar surface area (TPSA) is 74.1 Å². The maximum Gasteiger partial charge on any atom is 0.246 e. The second-order valence-corrected chi connectivity index (χ2v) is 8.67. The van der Waals surface area contributed by atoms with Gasteiger partial charge in [-0.3, -0.25) is 4.90 Å². The van der Waals surface area contributed by atoms with E-state index < -0.39 is 0 Å². The Balaban J connectivity index is 1.45. The van der Waals surface area contributed by atoms with Crippen molar-refractivity contribution in [2.24, 2.45) is 0 Å². The zero-order valence-electron chi connectivity index (χ0n) is 17.1. The molecule has 0 amide bonds. The number of aromatic amines is 1. The van der Waals surface area contributed by atoms with Gasteiger partial charge in [0.1, 0.15) is 5.82 Å². The molecular weight excluding hydrogens is 438 g/mol. The predicted molar refractivity (Wildman–Crippen MR) is 123 cm³/mol. The first-order valence-corrected chi connectivity index (χ1v) is 11.1. The van der Waals surface area contributed by atoms with E-state index in [1.54, 1.807) is 6.07 Å². The Morgan fingerprint density at radius 2 is 1.87 bits per heavy atom. The van der Waals surface area contributed by atoms with E-state index in [-0.39, 0.29) is 5.82 Å². The minimum Gasteiger partial charge on any atom is -0.368 e. The van der Waals surface area contributed by atoms with Gasteiger partial charge >= 0.3 is 0 Å². The molecule has 6 nitrogen and oxygen atoms in total. The van der Waals surface area contributed by atoms with Gasteiger partial charge in [0.05, 0.1) is 0 Å². The first-order chi connectivity index (χ1) is 15.0. The summed E-state index contributed by atoms with van der Waals surface area (Å²) in [5.41, 5.74) is 7.83. The lowest BCUT2D eigenvalue weighted by molar-refractivity contribution is 0.162. The van der Waals surface area contributed by atoms with Crippen LogP contribution in [0.4, 0.5) is 16.3 Å². The minimum absolute atomic E-state index is 0.319. The van der Waals surface area contributed by atoms with Gasteiger partial charge in [0.2, 0.25) is 11.9 Å². The summed E-state index contributed by atoms with van der Waals surface area (Å²) < 4.78 is 13.5. The summed E-state index contributed by atoms with van der Waals surface area (Å²) >= 11 is 12.3. The molecule has 4 rings (SSSR count). The lowest BCUT2D eigenvalue weighted by atomic mass is 10.0. The lowest BCUT2D eigenvalue weighted by Gasteiger charge is -2.38. The third-order valence-electron chi connectivity index (χ3n) is 5.74. The second kappa shape index (κ2) is 9.85. The van der Waals surface area contributed by atoms with Crippen LogP contribution in [-0.2, 0) is 13.0 Å². The van der Waals surface area contributed by atoms with Gasteiger partial charge in [-0.25, -0.2) is 9.49 Å². The first-order valence-electron chi connectivity index (χ1n) is 10.3. The number of nitrogen functional groups attached to an aromatic ring is 1. The summed E-state index contributed by atoms with van der Waals surface area (Å²) in [5, 5.41) is 8.06. The summed E-state index contributed by atoms with van der Waals surface area (Å²) in [7, 11) is 0. The van der Waals surface area contributed by atoms with Crippen LogP contribution >= 0.6 is 23.2 Å². The normalized spacial score (nSPS) is 15.0. The predicted octanol–water partition coefficient (Wildman–Crippen LogP) is 4.55. The van der Waals surface area contributed by atoms with Crippen LogP contribution in [0.2, 0.25) is 10.0 Å². The number of benzene rings is 2. The fourth-order valence-corrected chi connectivity index (χ4v) is 4.37. The molecule has 3 N–H and O–H groups in total. The monoisotopic (exact) mass is 462 g/mol. The fraction of sp³-hybridized carbons (Fsp3) is 0.364. The molecule has 3 aromatic rings. The van der Waals surface area contributed by atoms with Crippen LogP contribution in [0.3, 0.4) is 0 Å². The summed E-state index contributed by atoms with van der Waals surface area (Å²) in [6.07, 6.45) is 2.83. The van der Waals surface area contributed by atoms with E-state index in [1.807, 2.05) is 12.1 Å². The largest absolute Gasteiger partial charge is 0.368 e. The molecule has 0 radical (unpaired) electrons. The van der Waals surface area contributed by atoms with Crippen LogP contribution < -0.4 is 10.6 Å². The number of hydrogen-bond acceptors (Lipinski definition) is 5. The number of halogens is 3. The molecule has 0 aliphatic carbocycles. The Labute approximate surface area is 191 Å². The second-order valence-electron chi connectivity index (χ2n) is 7.82. The van der Waals surface area contributed by atoms with Crippen molar-refractivity contribution in [3.05, 3.63) is 69.5 Å². The molecule has 0 atom stereocenters. The number of rotatable bonds is 7. The average molecular weight is 463 g/mol. The number of nitrogens with two attached hydrogens (primary N) is 1. The van der Waals surface area contributed by atoms with E-state index >= 15 is 0 Å². The number of anilines is 2. The van der Waals surface area contributed by atoms with Crippen LogP contribution in [0.25, 0.3) is 0 Å². The SMILES string of the molecule is Nc1nc(N2CCC(N(CCc3ccc(Cl)cc3)Cc3ccc(F)cc3Cl)CC2)n[nH]1. The summed E-state index contributed by atoms with van der Waals surface area (Å²) in [5.74, 6) is 0.651. The number of nitrogens with zero attached hydrogens (tertiary/aromatic N) is 4. The standard InChI is InChI=1S/C22H25Cl2FN6/c23-17-4-1-15(2-5-17)7-10-31(14-16-3-6-18(25)13-20(16)24)19-8-11-30(12-9-19)22-27-21(26)28-29-22/h1-6,13,19H,7-12,14H2,(H3,26,27,28,29). The van der Waals surface area contributed by atoms with Crippen molar-refractivity contribution in [1.29, 1.82) is 0 Å². The molecule has 2 heterocycles. The van der Waals surface area contributed by atoms with E-state index in [9.17, 15) is 4.39 Å². The smallest absolute Gasteiger partial charge is 0.246 e. The Bertz CT molecular complexity index is 1000. The van der Waals surface area contributed by atoms with Gasteiger partial charge in [-0.05, 0) is 54.7 Å². The van der Waals surface area contributed by atoms with Gasteiger partial charge < -0.3 is 10.6 Å². The zero-order chi connectivity index (χ0) is 21.8. The van der Waals surface area contributed by atoms with Gasteiger partial charge in [0.25, 0.3) is 0 Å². The summed E-state index contributed by atoms with van der Waals surface area (Å²) in [6.45, 7) is 3.23. The van der Waals surface area contributed by atoms with Crippen molar-refractivity contribution in [3.8, 4) is 0 Å². The van der Waals surface area contributed by atoms with E-state index in [4.69, 9.17) is 28.9 Å². The van der Waals surface area contributed by atoms with Gasteiger partial charge in [0.15, 0.2) is 0 Å². The molecule has 1 aromatic heterocycles. The maximum atomic E-state index is 13.5. The van der Waals surface area contributed by atoms with Crippen molar-refractivity contribution in [1.82, 2.24) is 20.1 Å². The Hall–Kier alpha value is -2.35. The van der Waals surface area contributed by atoms with Gasteiger partial charge in [-0.1, -0.05) is 41.4 Å². The Kier molecular flexibility index (Phi) is 6.95. The van der Waals surface area contributed by atoms with Crippen LogP contribution in [-0.4, -0.2) is 45.8 Å². The van der Waals surface area contributed by atoms with Gasteiger partial charge in [-0.2, -0.15) is 4.98 Å². The third kappa shape index (κ3) is 5.67. The number of piperidine rings is 1. The molecular formula is C22H25Cl2FN6. The molecule has 0 saturated carbocycles. The highest BCUT2D eigenvalue weighted by Gasteiger charge is 2.26. The van der Waals surface area contributed by atoms with Crippen molar-refractivity contribution in [2.75, 3.05) is 30.3 Å². The van der Waals surface area contributed by atoms with Gasteiger partial charge in [-0.15, -0.1) is 5.10 Å². The van der Waals surface area contributed by atoms with E-state index in [2.05, 4.69) is 37.1 Å². The molecule has 31 heavy (non-hydrogen) atoms. The van der Waals surface area contributed by atoms with Crippen molar-refractivity contribution in [2.45, 2.75) is 31.8 Å². The van der Waals surface area contributed by atoms with Crippen molar-refractivity contribution in [3.63, 3.8) is 0 Å². The van der Waals surface area contributed by atoms with E-state index in [0.29, 0.717) is 29.5 Å². The number of hydrogen-bond donors (Lipinski definition) is 2. The molecule has 1 fully saturated rings. The van der Waals surface area contributed by atoms with Crippen LogP contribution in [0.5, 0.6) is 0 Å². The van der Waals surface area contributed by atoms with E-state index in [0.717, 1.165) is 49.5 Å². The average Bonchev–Trinajstić information content (AvgIpc) is 3.20. The van der Waals surface area contributed by atoms with Crippen molar-refractivity contribution >= 4 is 35.1 Å². The van der Waals surface area contributed by atoms with Gasteiger partial charge in [0, 0.05) is 42.3 Å². The van der Waals surface area contributed by atoms with Crippen LogP contribution in [0.1, 0.15) is 24.0 Å². The fourth-order valence-electron chi connectivity index (χ4n) is 4.02. The molecule has 1 aliphatic heterocycles. The quantitative estimate of drug-likeness (QED) is 0.538. The highest BCUT2D eigenvalue weighted by molar-refractivity contribution is 6.31. The number of aromatic nitrogens is 3. The number of nitrogens with one attached hydrogen (secondary N) is 1. The molecule has 0 bridgehead atoms. The molecule has 2 aromatic carbocycles. The molecule has 164 valence electrons. The third-order valence-corrected chi connectivity index (χ3v) is 6.35. The summed E-state index contributed by atoms with van der Waals surface area (Å²) in [4.78, 5) is 8.82. The highest BCUT2D eigenvalue weighted by atomic mass is 35.5. The minimum atomic E-state index is -0.319. The lowest BCUT2D eigenvalue weighted by Crippen LogP contribution is -2.45. The Morgan fingerprint density at radius 3 is 2.52 bits per heavy atom. The summed E-state index contributed by atoms with van der Waals surface area (Å²) in [6, 6.07) is 12.9. The van der Waals surface area contributed by atoms with E-state index in [1.165, 1.54) is 17.7 Å². The maximum absolute atomic E-state index is 13.5. The van der Waals surface area contributed by atoms with Crippen molar-refractivity contribution < 1.29 is 4.39 Å². The molecule has 1 aliphatic rings. The zero-order valence-corrected chi connectivity index (χ0v) is 18.6. The molecule has 9 heteroatoms.